The van der Waals surface area contributed by atoms with Crippen molar-refractivity contribution < 1.29 is 19.4 Å². The molecule has 0 radical (unpaired) electrons. The quantitative estimate of drug-likeness (QED) is 0.682. The molecule has 7 nitrogen and oxygen atoms in total. The fraction of sp³-hybridized carbons (Fsp3) is 0.133. The van der Waals surface area contributed by atoms with E-state index in [1.165, 1.54) is 17.9 Å². The molecule has 1 aromatic carbocycles. The van der Waals surface area contributed by atoms with Gasteiger partial charge in [-0.05, 0) is 49.6 Å². The summed E-state index contributed by atoms with van der Waals surface area (Å²) in [5.41, 5.74) is 7.09. The SMILES string of the molecule is COC(=O)c1c(N)c(C#N)cn1-c1c(Br)cc(CC(=O)O)cc1Br. The first-order valence-electron chi connectivity index (χ1n) is 6.49. The number of aromatic nitrogens is 1. The molecule has 0 fully saturated rings. The van der Waals surface area contributed by atoms with Crippen molar-refractivity contribution in [2.75, 3.05) is 12.8 Å². The predicted octanol–water partition coefficient (Wildman–Crippen LogP) is 2.87. The van der Waals surface area contributed by atoms with Gasteiger partial charge in [0.15, 0.2) is 5.69 Å². The van der Waals surface area contributed by atoms with Gasteiger partial charge >= 0.3 is 11.9 Å². The van der Waals surface area contributed by atoms with Crippen LogP contribution in [0, 0.1) is 11.3 Å². The third kappa shape index (κ3) is 3.29. The number of benzene rings is 1. The number of methoxy groups -OCH3 is 1. The Morgan fingerprint density at radius 1 is 1.38 bits per heavy atom. The summed E-state index contributed by atoms with van der Waals surface area (Å²) >= 11 is 6.73. The lowest BCUT2D eigenvalue weighted by Gasteiger charge is -2.14. The first-order valence-corrected chi connectivity index (χ1v) is 8.08. The number of carbonyl (C=O) groups is 2. The van der Waals surface area contributed by atoms with Crippen LogP contribution >= 0.6 is 31.9 Å². The first kappa shape index (κ1) is 18.0. The van der Waals surface area contributed by atoms with Crippen LogP contribution < -0.4 is 5.73 Å². The predicted molar refractivity (Wildman–Crippen MR) is 93.0 cm³/mol. The summed E-state index contributed by atoms with van der Waals surface area (Å²) in [6, 6.07) is 5.16. The van der Waals surface area contributed by atoms with E-state index in [1.54, 1.807) is 12.1 Å². The molecule has 124 valence electrons. The Labute approximate surface area is 153 Å². The Bertz CT molecular complexity index is 861. The number of carboxylic acid groups (broad SMARTS) is 1. The zero-order valence-corrected chi connectivity index (χ0v) is 15.5. The molecule has 0 amide bonds. The fourth-order valence-corrected chi connectivity index (χ4v) is 3.88. The number of carbonyl (C=O) groups excluding carboxylic acids is 1. The highest BCUT2D eigenvalue weighted by Gasteiger charge is 2.24. The van der Waals surface area contributed by atoms with E-state index in [1.807, 2.05) is 6.07 Å². The standard InChI is InChI=1S/C15H11Br2N3O4/c1-24-15(23)14-12(19)8(5-18)6-20(14)13-9(16)2-7(3-10(13)17)4-11(21)22/h2-3,6H,4,19H2,1H3,(H,21,22). The third-order valence-electron chi connectivity index (χ3n) is 3.22. The highest BCUT2D eigenvalue weighted by Crippen LogP contribution is 2.35. The maximum Gasteiger partial charge on any atom is 0.357 e. The molecule has 0 aliphatic heterocycles. The van der Waals surface area contributed by atoms with Crippen LogP contribution in [0.5, 0.6) is 0 Å². The molecule has 2 aromatic rings. The third-order valence-corrected chi connectivity index (χ3v) is 4.43. The molecule has 0 spiro atoms. The molecular formula is C15H11Br2N3O4. The summed E-state index contributed by atoms with van der Waals surface area (Å²) in [5.74, 6) is -1.66. The van der Waals surface area contributed by atoms with Crippen molar-refractivity contribution in [2.45, 2.75) is 6.42 Å². The maximum atomic E-state index is 12.1. The number of hydrogen-bond donors (Lipinski definition) is 2. The van der Waals surface area contributed by atoms with Crippen LogP contribution in [0.3, 0.4) is 0 Å². The van der Waals surface area contributed by atoms with Gasteiger partial charge in [0.2, 0.25) is 0 Å². The van der Waals surface area contributed by atoms with E-state index in [2.05, 4.69) is 31.9 Å². The summed E-state index contributed by atoms with van der Waals surface area (Å²) in [4.78, 5) is 22.9. The molecule has 1 heterocycles. The number of esters is 1. The van der Waals surface area contributed by atoms with Gasteiger partial charge in [0.25, 0.3) is 0 Å². The van der Waals surface area contributed by atoms with E-state index in [9.17, 15) is 9.59 Å². The number of nitrogens with zero attached hydrogens (tertiary/aromatic N) is 2. The van der Waals surface area contributed by atoms with E-state index in [0.29, 0.717) is 20.2 Å². The molecule has 2 rings (SSSR count). The molecule has 24 heavy (non-hydrogen) atoms. The smallest absolute Gasteiger partial charge is 0.357 e. The highest BCUT2D eigenvalue weighted by molar-refractivity contribution is 9.11. The molecule has 1 aromatic heterocycles. The summed E-state index contributed by atoms with van der Waals surface area (Å²) in [5, 5.41) is 18.1. The molecule has 0 unspecified atom stereocenters. The number of hydrogen-bond acceptors (Lipinski definition) is 5. The van der Waals surface area contributed by atoms with E-state index in [0.717, 1.165) is 0 Å². The van der Waals surface area contributed by atoms with Gasteiger partial charge in [-0.25, -0.2) is 4.79 Å². The monoisotopic (exact) mass is 455 g/mol. The van der Waals surface area contributed by atoms with Crippen molar-refractivity contribution in [2.24, 2.45) is 0 Å². The van der Waals surface area contributed by atoms with Crippen LogP contribution in [0.2, 0.25) is 0 Å². The minimum atomic E-state index is -0.964. The molecule has 0 saturated carbocycles. The van der Waals surface area contributed by atoms with E-state index < -0.39 is 11.9 Å². The van der Waals surface area contributed by atoms with Gasteiger partial charge < -0.3 is 20.1 Å². The lowest BCUT2D eigenvalue weighted by molar-refractivity contribution is -0.136. The summed E-state index contributed by atoms with van der Waals surface area (Å²) in [7, 11) is 1.21. The van der Waals surface area contributed by atoms with Gasteiger partial charge in [-0.3, -0.25) is 4.79 Å². The van der Waals surface area contributed by atoms with Gasteiger partial charge in [0.05, 0.1) is 30.5 Å². The molecule has 9 heteroatoms. The van der Waals surface area contributed by atoms with E-state index in [4.69, 9.17) is 20.8 Å². The van der Waals surface area contributed by atoms with Crippen molar-refractivity contribution >= 4 is 49.5 Å². The molecule has 0 aliphatic carbocycles. The molecule has 0 aliphatic rings. The first-order chi connectivity index (χ1) is 11.3. The van der Waals surface area contributed by atoms with Crippen molar-refractivity contribution in [1.29, 1.82) is 5.26 Å². The van der Waals surface area contributed by atoms with E-state index in [-0.39, 0.29) is 23.4 Å². The number of nitrogens with two attached hydrogens (primary N) is 1. The molecule has 3 N–H and O–H groups in total. The normalized spacial score (nSPS) is 10.2. The fourth-order valence-electron chi connectivity index (χ4n) is 2.22. The number of rotatable bonds is 4. The van der Waals surface area contributed by atoms with Crippen LogP contribution in [-0.2, 0) is 16.0 Å². The van der Waals surface area contributed by atoms with Crippen molar-refractivity contribution in [3.8, 4) is 11.8 Å². The zero-order chi connectivity index (χ0) is 18.0. The van der Waals surface area contributed by atoms with Gasteiger partial charge in [-0.1, -0.05) is 0 Å². The van der Waals surface area contributed by atoms with E-state index >= 15 is 0 Å². The Morgan fingerprint density at radius 3 is 2.42 bits per heavy atom. The van der Waals surface area contributed by atoms with Crippen molar-refractivity contribution in [3.05, 3.63) is 44.1 Å². The maximum absolute atomic E-state index is 12.1. The van der Waals surface area contributed by atoms with Crippen LogP contribution in [0.4, 0.5) is 5.69 Å². The summed E-state index contributed by atoms with van der Waals surface area (Å²) < 4.78 is 7.22. The Hall–Kier alpha value is -2.31. The zero-order valence-electron chi connectivity index (χ0n) is 12.3. The Balaban J connectivity index is 2.71. The second kappa shape index (κ2) is 7.07. The number of nitrogen functional groups attached to an aromatic ring is 1. The minimum Gasteiger partial charge on any atom is -0.481 e. The largest absolute Gasteiger partial charge is 0.481 e. The van der Waals surface area contributed by atoms with Crippen LogP contribution in [0.25, 0.3) is 5.69 Å². The van der Waals surface area contributed by atoms with Gasteiger partial charge in [0, 0.05) is 15.1 Å². The summed E-state index contributed by atoms with van der Waals surface area (Å²) in [6.07, 6.45) is 1.27. The second-order valence-corrected chi connectivity index (χ2v) is 6.47. The van der Waals surface area contributed by atoms with Gasteiger partial charge in [-0.15, -0.1) is 0 Å². The number of ether oxygens (including phenoxy) is 1. The number of anilines is 1. The van der Waals surface area contributed by atoms with Crippen LogP contribution in [0.1, 0.15) is 21.6 Å². The Kier molecular flexibility index (Phi) is 5.31. The molecule has 0 bridgehead atoms. The summed E-state index contributed by atoms with van der Waals surface area (Å²) in [6.45, 7) is 0. The molecular weight excluding hydrogens is 446 g/mol. The van der Waals surface area contributed by atoms with Crippen molar-refractivity contribution in [1.82, 2.24) is 4.57 Å². The number of aliphatic carboxylic acids is 1. The van der Waals surface area contributed by atoms with Gasteiger partial charge in [0.1, 0.15) is 6.07 Å². The lowest BCUT2D eigenvalue weighted by atomic mass is 10.1. The Morgan fingerprint density at radius 2 is 1.96 bits per heavy atom. The lowest BCUT2D eigenvalue weighted by Crippen LogP contribution is -2.12. The second-order valence-electron chi connectivity index (χ2n) is 4.76. The van der Waals surface area contributed by atoms with Crippen LogP contribution in [0.15, 0.2) is 27.3 Å². The topological polar surface area (TPSA) is 118 Å². The average molecular weight is 457 g/mol. The molecule has 0 saturated heterocycles. The van der Waals surface area contributed by atoms with Crippen LogP contribution in [-0.4, -0.2) is 28.7 Å². The highest BCUT2D eigenvalue weighted by atomic mass is 79.9. The molecule has 0 atom stereocenters. The number of halogens is 2. The number of nitriles is 1. The van der Waals surface area contributed by atoms with Gasteiger partial charge in [-0.2, -0.15) is 5.26 Å². The number of carboxylic acids is 1. The minimum absolute atomic E-state index is 0.0118. The van der Waals surface area contributed by atoms with Crippen molar-refractivity contribution in [3.63, 3.8) is 0 Å². The average Bonchev–Trinajstić information content (AvgIpc) is 2.81.